The van der Waals surface area contributed by atoms with E-state index in [0.29, 0.717) is 11.0 Å². The minimum absolute atomic E-state index is 0.256. The number of aryl methyl sites for hydroxylation is 2. The lowest BCUT2D eigenvalue weighted by Gasteiger charge is -2.17. The Morgan fingerprint density at radius 3 is 2.24 bits per heavy atom. The molecule has 1 aromatic heterocycles. The summed E-state index contributed by atoms with van der Waals surface area (Å²) in [6, 6.07) is 0. The van der Waals surface area contributed by atoms with E-state index in [1.165, 1.54) is 25.7 Å². The lowest BCUT2D eigenvalue weighted by atomic mass is 10.1. The van der Waals surface area contributed by atoms with Gasteiger partial charge < -0.3 is 4.74 Å². The number of rotatable bonds is 2. The molecule has 3 nitrogen and oxygen atoms in total. The van der Waals surface area contributed by atoms with E-state index >= 15 is 0 Å². The number of hydrogen-bond donors (Lipinski definition) is 0. The molecular weight excluding hydrogens is 236 g/mol. The molecule has 0 spiro atoms. The summed E-state index contributed by atoms with van der Waals surface area (Å²) in [4.78, 5) is 8.62. The van der Waals surface area contributed by atoms with E-state index in [9.17, 15) is 0 Å². The molecule has 0 radical (unpaired) electrons. The van der Waals surface area contributed by atoms with Crippen LogP contribution >= 0.6 is 11.6 Å². The number of hydrogen-bond acceptors (Lipinski definition) is 3. The van der Waals surface area contributed by atoms with Crippen LogP contribution in [0.3, 0.4) is 0 Å². The Hall–Kier alpha value is -0.830. The van der Waals surface area contributed by atoms with Crippen LogP contribution in [-0.4, -0.2) is 16.1 Å². The molecular formula is C13H19ClN2O. The fourth-order valence-corrected chi connectivity index (χ4v) is 2.36. The van der Waals surface area contributed by atoms with Crippen molar-refractivity contribution in [1.82, 2.24) is 9.97 Å². The van der Waals surface area contributed by atoms with Crippen molar-refractivity contribution in [3.05, 3.63) is 16.5 Å². The summed E-state index contributed by atoms with van der Waals surface area (Å²) in [6.45, 7) is 3.84. The molecule has 0 amide bonds. The van der Waals surface area contributed by atoms with Crippen molar-refractivity contribution in [2.45, 2.75) is 58.5 Å². The van der Waals surface area contributed by atoms with Crippen molar-refractivity contribution in [2.75, 3.05) is 0 Å². The van der Waals surface area contributed by atoms with Crippen LogP contribution < -0.4 is 4.74 Å². The molecule has 0 bridgehead atoms. The molecule has 0 aliphatic heterocycles. The Kier molecular flexibility index (Phi) is 4.21. The zero-order chi connectivity index (χ0) is 12.3. The Morgan fingerprint density at radius 1 is 1.00 bits per heavy atom. The molecule has 2 rings (SSSR count). The lowest BCUT2D eigenvalue weighted by Crippen LogP contribution is -2.16. The largest absolute Gasteiger partial charge is 0.472 e. The van der Waals surface area contributed by atoms with Crippen molar-refractivity contribution < 1.29 is 4.74 Å². The maximum atomic E-state index is 6.06. The maximum Gasteiger partial charge on any atom is 0.252 e. The summed E-state index contributed by atoms with van der Waals surface area (Å²) < 4.78 is 5.90. The Morgan fingerprint density at radius 2 is 1.59 bits per heavy atom. The van der Waals surface area contributed by atoms with E-state index in [1.807, 2.05) is 13.8 Å². The zero-order valence-corrected chi connectivity index (χ0v) is 11.3. The molecule has 0 aromatic carbocycles. The highest BCUT2D eigenvalue weighted by molar-refractivity contribution is 6.30. The molecule has 94 valence electrons. The standard InChI is InChI=1S/C13H19ClN2O/c1-9-10(2)16-13(12(14)15-9)17-11-7-5-3-4-6-8-11/h11H,3-8H2,1-2H3. The average molecular weight is 255 g/mol. The summed E-state index contributed by atoms with van der Waals surface area (Å²) in [7, 11) is 0. The highest BCUT2D eigenvalue weighted by Crippen LogP contribution is 2.26. The fourth-order valence-electron chi connectivity index (χ4n) is 2.15. The van der Waals surface area contributed by atoms with Crippen molar-refractivity contribution >= 4 is 11.6 Å². The molecule has 4 heteroatoms. The second kappa shape index (κ2) is 5.67. The number of aromatic nitrogens is 2. The third-order valence-corrected chi connectivity index (χ3v) is 3.56. The molecule has 1 saturated carbocycles. The van der Waals surface area contributed by atoms with Gasteiger partial charge in [-0.3, -0.25) is 0 Å². The second-order valence-electron chi connectivity index (χ2n) is 4.72. The SMILES string of the molecule is Cc1nc(Cl)c(OC2CCCCCC2)nc1C. The van der Waals surface area contributed by atoms with E-state index in [0.717, 1.165) is 24.2 Å². The van der Waals surface area contributed by atoms with Gasteiger partial charge in [0.2, 0.25) is 0 Å². The molecule has 0 saturated heterocycles. The first kappa shape index (κ1) is 12.6. The van der Waals surface area contributed by atoms with Crippen LogP contribution in [0.2, 0.25) is 5.15 Å². The summed E-state index contributed by atoms with van der Waals surface area (Å²) in [6.07, 6.45) is 7.56. The van der Waals surface area contributed by atoms with Gasteiger partial charge in [0.1, 0.15) is 6.10 Å². The molecule has 1 fully saturated rings. The number of halogens is 1. The average Bonchev–Trinajstić information content (AvgIpc) is 2.54. The third-order valence-electron chi connectivity index (χ3n) is 3.32. The minimum Gasteiger partial charge on any atom is -0.472 e. The van der Waals surface area contributed by atoms with Gasteiger partial charge >= 0.3 is 0 Å². The summed E-state index contributed by atoms with van der Waals surface area (Å²) >= 11 is 6.06. The number of ether oxygens (including phenoxy) is 1. The van der Waals surface area contributed by atoms with Gasteiger partial charge in [-0.15, -0.1) is 0 Å². The van der Waals surface area contributed by atoms with E-state index in [2.05, 4.69) is 9.97 Å². The van der Waals surface area contributed by atoms with Crippen LogP contribution in [-0.2, 0) is 0 Å². The van der Waals surface area contributed by atoms with Crippen molar-refractivity contribution in [2.24, 2.45) is 0 Å². The van der Waals surface area contributed by atoms with Crippen LogP contribution in [0.5, 0.6) is 5.88 Å². The van der Waals surface area contributed by atoms with Gasteiger partial charge in [0, 0.05) is 0 Å². The molecule has 0 N–H and O–H groups in total. The first-order chi connectivity index (χ1) is 8.16. The van der Waals surface area contributed by atoms with Gasteiger partial charge in [0.15, 0.2) is 5.15 Å². The van der Waals surface area contributed by atoms with Crippen molar-refractivity contribution in [3.63, 3.8) is 0 Å². The van der Waals surface area contributed by atoms with Gasteiger partial charge in [-0.05, 0) is 39.5 Å². The molecule has 1 aromatic rings. The Balaban J connectivity index is 2.09. The van der Waals surface area contributed by atoms with Gasteiger partial charge in [-0.25, -0.2) is 9.97 Å². The van der Waals surface area contributed by atoms with Crippen LogP contribution in [0.1, 0.15) is 49.9 Å². The summed E-state index contributed by atoms with van der Waals surface area (Å²) in [5, 5.41) is 0.386. The minimum atomic E-state index is 0.256. The highest BCUT2D eigenvalue weighted by Gasteiger charge is 2.17. The molecule has 1 aliphatic carbocycles. The maximum absolute atomic E-state index is 6.06. The number of nitrogens with zero attached hydrogens (tertiary/aromatic N) is 2. The van der Waals surface area contributed by atoms with Gasteiger partial charge in [0.25, 0.3) is 5.88 Å². The first-order valence-corrected chi connectivity index (χ1v) is 6.72. The molecule has 17 heavy (non-hydrogen) atoms. The molecule has 0 unspecified atom stereocenters. The molecule has 1 heterocycles. The second-order valence-corrected chi connectivity index (χ2v) is 5.08. The topological polar surface area (TPSA) is 35.0 Å². The van der Waals surface area contributed by atoms with E-state index in [-0.39, 0.29) is 6.10 Å². The Bertz CT molecular complexity index is 387. The third kappa shape index (κ3) is 3.32. The van der Waals surface area contributed by atoms with Crippen LogP contribution in [0.25, 0.3) is 0 Å². The molecule has 0 atom stereocenters. The molecule has 1 aliphatic rings. The predicted molar refractivity (Wildman–Crippen MR) is 68.6 cm³/mol. The van der Waals surface area contributed by atoms with Crippen LogP contribution in [0, 0.1) is 13.8 Å². The van der Waals surface area contributed by atoms with Gasteiger partial charge in [-0.1, -0.05) is 24.4 Å². The van der Waals surface area contributed by atoms with Crippen LogP contribution in [0.15, 0.2) is 0 Å². The quantitative estimate of drug-likeness (QED) is 0.752. The van der Waals surface area contributed by atoms with E-state index in [4.69, 9.17) is 16.3 Å². The van der Waals surface area contributed by atoms with Crippen molar-refractivity contribution in [3.8, 4) is 5.88 Å². The Labute approximate surface area is 108 Å². The van der Waals surface area contributed by atoms with E-state index in [1.54, 1.807) is 0 Å². The highest BCUT2D eigenvalue weighted by atomic mass is 35.5. The fraction of sp³-hybridized carbons (Fsp3) is 0.692. The normalized spacial score (nSPS) is 17.8. The van der Waals surface area contributed by atoms with Crippen molar-refractivity contribution in [1.29, 1.82) is 0 Å². The monoisotopic (exact) mass is 254 g/mol. The smallest absolute Gasteiger partial charge is 0.252 e. The van der Waals surface area contributed by atoms with Gasteiger partial charge in [-0.2, -0.15) is 0 Å². The van der Waals surface area contributed by atoms with Crippen LogP contribution in [0.4, 0.5) is 0 Å². The first-order valence-electron chi connectivity index (χ1n) is 6.34. The summed E-state index contributed by atoms with van der Waals surface area (Å²) in [5.74, 6) is 0.502. The predicted octanol–water partition coefficient (Wildman–Crippen LogP) is 3.85. The lowest BCUT2D eigenvalue weighted by molar-refractivity contribution is 0.175. The zero-order valence-electron chi connectivity index (χ0n) is 10.5. The summed E-state index contributed by atoms with van der Waals surface area (Å²) in [5.41, 5.74) is 1.75. The van der Waals surface area contributed by atoms with E-state index < -0.39 is 0 Å². The van der Waals surface area contributed by atoms with Gasteiger partial charge in [0.05, 0.1) is 11.4 Å².